The fraction of sp³-hybridized carbons (Fsp3) is 0. The number of fused-ring (bicyclic) bond motifs is 1. The van der Waals surface area contributed by atoms with Crippen LogP contribution in [0.4, 0.5) is 33.5 Å². The Hall–Kier alpha value is -1.09. The summed E-state index contributed by atoms with van der Waals surface area (Å²) < 4.78 is 100. The van der Waals surface area contributed by atoms with Gasteiger partial charge in [-0.05, 0) is 71.1 Å². The van der Waals surface area contributed by atoms with Gasteiger partial charge in [-0.15, -0.1) is 10.2 Å². The number of nitrogens with one attached hydrogen (secondary N) is 2. The van der Waals surface area contributed by atoms with E-state index in [1.165, 1.54) is 18.2 Å². The molecule has 1 heterocycles. The summed E-state index contributed by atoms with van der Waals surface area (Å²) in [5, 5.41) is 11.3. The van der Waals surface area contributed by atoms with Gasteiger partial charge in [-0.25, -0.2) is 4.79 Å². The van der Waals surface area contributed by atoms with Crippen LogP contribution in [0.25, 0.3) is 10.8 Å². The third kappa shape index (κ3) is 11.0. The van der Waals surface area contributed by atoms with E-state index in [-0.39, 0.29) is 122 Å². The molecule has 0 saturated carbocycles. The summed E-state index contributed by atoms with van der Waals surface area (Å²) in [4.78, 5) is 19.9. The number of anilines is 3. The minimum atomic E-state index is -5.16. The molecule has 26 heteroatoms. The summed E-state index contributed by atoms with van der Waals surface area (Å²) in [7, 11) is -15.3. The Labute approximate surface area is 336 Å². The minimum absolute atomic E-state index is 0. The number of halogens is 2. The molecule has 0 aliphatic rings. The quantitative estimate of drug-likeness (QED) is 0.0855. The topological polar surface area (TPSA) is 294 Å². The number of azo groups is 1. The number of carbonyl (C=O) groups is 1. The Balaban J connectivity index is 0.00000353. The van der Waals surface area contributed by atoms with Gasteiger partial charge in [0.15, 0.2) is 0 Å². The van der Waals surface area contributed by atoms with Crippen LogP contribution in [-0.2, 0) is 30.4 Å². The molecule has 3 radical (unpaired) electrons. The van der Waals surface area contributed by atoms with Crippen LogP contribution in [0.15, 0.2) is 67.4 Å². The van der Waals surface area contributed by atoms with Gasteiger partial charge in [-0.1, -0.05) is 0 Å². The smallest absolute Gasteiger partial charge is 0.316 e. The number of carbonyl (C=O) groups excluding carboxylic acids is 1. The number of nitrogens with two attached hydrogens (primary N) is 1. The molecule has 0 fully saturated rings. The summed E-state index contributed by atoms with van der Waals surface area (Å²) >= 11 is 11.5. The van der Waals surface area contributed by atoms with E-state index in [9.17, 15) is 43.7 Å². The molecule has 18 nitrogen and oxygen atoms in total. The minimum Gasteiger partial charge on any atom is -0.351 e. The monoisotopic (exact) mass is 761 g/mol. The zero-order chi connectivity index (χ0) is 31.9. The van der Waals surface area contributed by atoms with E-state index in [0.717, 1.165) is 6.07 Å². The summed E-state index contributed by atoms with van der Waals surface area (Å²) in [5.41, 5.74) is 4.53. The van der Waals surface area contributed by atoms with Crippen LogP contribution in [0, 0.1) is 0 Å². The molecule has 3 aromatic carbocycles. The van der Waals surface area contributed by atoms with E-state index in [4.69, 9.17) is 28.9 Å². The summed E-state index contributed by atoms with van der Waals surface area (Å²) in [6.07, 6.45) is 0. The first-order valence-corrected chi connectivity index (χ1v) is 15.9. The normalized spacial score (nSPS) is 11.7. The number of urea groups is 1. The third-order valence-electron chi connectivity index (χ3n) is 5.18. The van der Waals surface area contributed by atoms with Gasteiger partial charge in [-0.2, -0.15) is 40.2 Å². The first-order chi connectivity index (χ1) is 19.8. The van der Waals surface area contributed by atoms with Gasteiger partial charge in [0.1, 0.15) is 21.2 Å². The van der Waals surface area contributed by atoms with E-state index in [0.29, 0.717) is 18.2 Å². The standard InChI is InChI=1S/C20H14Cl2N8O10S3.3Na/c21-17-26-18(22)28-20(27-17)24-9-1-2-12(13(5-9)25-19(23)31)29-30-14-7-11-8(4-16(14)43(38,39)40)3-10(41(32,33)34)6-15(11)42(35,36)37;;;/h1-7H,(H3,23,25,31)(H,32,33,34)(H,35,36,37)(H,38,39,40)(H,24,26,27,28);;;. The van der Waals surface area contributed by atoms with Crippen molar-refractivity contribution in [2.45, 2.75) is 14.7 Å². The second kappa shape index (κ2) is 16.5. The Kier molecular flexibility index (Phi) is 15.4. The molecule has 0 saturated heterocycles. The molecule has 0 bridgehead atoms. The number of aromatic nitrogens is 3. The number of benzene rings is 3. The predicted octanol–water partition coefficient (Wildman–Crippen LogP) is 2.58. The average Bonchev–Trinajstić information content (AvgIpc) is 2.84. The summed E-state index contributed by atoms with van der Waals surface area (Å²) in [5.74, 6) is -0.0786. The molecule has 2 amide bonds. The zero-order valence-electron chi connectivity index (χ0n) is 23.5. The van der Waals surface area contributed by atoms with Crippen molar-refractivity contribution in [3.63, 3.8) is 0 Å². The van der Waals surface area contributed by atoms with Crippen LogP contribution in [0.3, 0.4) is 0 Å². The molecular weight excluding hydrogens is 748 g/mol. The van der Waals surface area contributed by atoms with Gasteiger partial charge < -0.3 is 16.4 Å². The Bertz CT molecular complexity index is 2180. The maximum absolute atomic E-state index is 12.2. The maximum atomic E-state index is 12.2. The van der Waals surface area contributed by atoms with Gasteiger partial charge in [0.2, 0.25) is 16.5 Å². The zero-order valence-corrected chi connectivity index (χ0v) is 33.5. The van der Waals surface area contributed by atoms with E-state index in [1.807, 2.05) is 0 Å². The molecule has 0 spiro atoms. The molecule has 46 heavy (non-hydrogen) atoms. The molecule has 4 aromatic rings. The number of rotatable bonds is 8. The van der Waals surface area contributed by atoms with Crippen molar-refractivity contribution < 1.29 is 43.7 Å². The van der Waals surface area contributed by atoms with Gasteiger partial charge in [0.25, 0.3) is 30.4 Å². The fourth-order valence-corrected chi connectivity index (χ4v) is 5.87. The number of hydrogen-bond donors (Lipinski definition) is 6. The predicted molar refractivity (Wildman–Crippen MR) is 168 cm³/mol. The maximum Gasteiger partial charge on any atom is 0.316 e. The average molecular weight is 762 g/mol. The van der Waals surface area contributed by atoms with Crippen LogP contribution in [-0.4, -0.2) is 149 Å². The van der Waals surface area contributed by atoms with Crippen LogP contribution in [0.2, 0.25) is 10.6 Å². The van der Waals surface area contributed by atoms with Crippen LogP contribution in [0.1, 0.15) is 0 Å². The molecule has 1 aromatic heterocycles. The number of amides is 2. The van der Waals surface area contributed by atoms with Crippen LogP contribution in [0.5, 0.6) is 0 Å². The molecular formula is C20H14Cl2N8Na3O10S3. The number of hydrogen-bond acceptors (Lipinski definition) is 13. The van der Waals surface area contributed by atoms with Crippen molar-refractivity contribution in [2.75, 3.05) is 10.6 Å². The summed E-state index contributed by atoms with van der Waals surface area (Å²) in [6.45, 7) is 0. The SMILES string of the molecule is NC(=O)Nc1cc(Nc2nc(Cl)nc(Cl)n2)ccc1N=Nc1cc2c(S(=O)(=O)O)cc(S(=O)(=O)O)cc2cc1S(=O)(=O)O.[Na].[Na].[Na]. The number of nitrogens with zero attached hydrogens (tertiary/aromatic N) is 5. The van der Waals surface area contributed by atoms with E-state index >= 15 is 0 Å². The molecule has 229 valence electrons. The fourth-order valence-electron chi connectivity index (χ4n) is 3.52. The van der Waals surface area contributed by atoms with Crippen molar-refractivity contribution in [3.8, 4) is 0 Å². The molecule has 0 unspecified atom stereocenters. The van der Waals surface area contributed by atoms with Crippen LogP contribution < -0.4 is 16.4 Å². The Morgan fingerprint density at radius 3 is 1.83 bits per heavy atom. The van der Waals surface area contributed by atoms with Crippen molar-refractivity contribution in [1.82, 2.24) is 15.0 Å². The van der Waals surface area contributed by atoms with E-state index in [1.54, 1.807) is 0 Å². The second-order valence-electron chi connectivity index (χ2n) is 8.13. The molecule has 0 aliphatic heterocycles. The molecule has 7 N–H and O–H groups in total. The van der Waals surface area contributed by atoms with Gasteiger partial charge in [0.05, 0.1) is 10.6 Å². The van der Waals surface area contributed by atoms with Gasteiger partial charge in [0, 0.05) is 99.7 Å². The molecule has 0 atom stereocenters. The van der Waals surface area contributed by atoms with Crippen LogP contribution >= 0.6 is 23.2 Å². The molecule has 4 rings (SSSR count). The Morgan fingerprint density at radius 2 is 1.30 bits per heavy atom. The van der Waals surface area contributed by atoms with Crippen molar-refractivity contribution >= 4 is 188 Å². The van der Waals surface area contributed by atoms with Crippen molar-refractivity contribution in [3.05, 3.63) is 53.0 Å². The van der Waals surface area contributed by atoms with Crippen molar-refractivity contribution in [1.29, 1.82) is 0 Å². The third-order valence-corrected chi connectivity index (χ3v) is 8.12. The summed E-state index contributed by atoms with van der Waals surface area (Å²) in [6, 6.07) is 5.41. The number of primary amides is 1. The van der Waals surface area contributed by atoms with Gasteiger partial charge >= 0.3 is 6.03 Å². The largest absolute Gasteiger partial charge is 0.351 e. The Morgan fingerprint density at radius 1 is 0.739 bits per heavy atom. The second-order valence-corrected chi connectivity index (χ2v) is 13.0. The van der Waals surface area contributed by atoms with Gasteiger partial charge in [-0.3, -0.25) is 13.7 Å². The molecule has 0 aliphatic carbocycles. The van der Waals surface area contributed by atoms with E-state index < -0.39 is 67.5 Å². The first kappa shape index (κ1) is 42.9. The van der Waals surface area contributed by atoms with E-state index in [2.05, 4.69) is 35.8 Å². The van der Waals surface area contributed by atoms with Crippen molar-refractivity contribution in [2.24, 2.45) is 16.0 Å². The first-order valence-electron chi connectivity index (χ1n) is 10.8.